The Balaban J connectivity index is 2.06. The van der Waals surface area contributed by atoms with Gasteiger partial charge < -0.3 is 10.2 Å². The fraction of sp³-hybridized carbons (Fsp3) is 0.700. The first kappa shape index (κ1) is 13.5. The summed E-state index contributed by atoms with van der Waals surface area (Å²) in [5, 5.41) is 3.41. The molecule has 1 aromatic heterocycles. The Morgan fingerprint density at radius 1 is 1.28 bits per heavy atom. The maximum atomic E-state index is 11.3. The molecule has 1 fully saturated rings. The summed E-state index contributed by atoms with van der Waals surface area (Å²) < 4.78 is 11.3. The SMILES string of the molecule is CN(C)c1nc(Cl)nc(NC2CCS(=O)CC2)n1. The number of nitrogens with zero attached hydrogens (tertiary/aromatic N) is 4. The highest BCUT2D eigenvalue weighted by molar-refractivity contribution is 7.85. The minimum atomic E-state index is -0.662. The van der Waals surface area contributed by atoms with E-state index in [0.29, 0.717) is 11.9 Å². The van der Waals surface area contributed by atoms with Crippen LogP contribution in [0.5, 0.6) is 0 Å². The van der Waals surface area contributed by atoms with Gasteiger partial charge in [0.25, 0.3) is 0 Å². The zero-order chi connectivity index (χ0) is 13.1. The van der Waals surface area contributed by atoms with E-state index in [1.165, 1.54) is 0 Å². The molecule has 0 aliphatic carbocycles. The van der Waals surface area contributed by atoms with Gasteiger partial charge in [0.1, 0.15) is 0 Å². The summed E-state index contributed by atoms with van der Waals surface area (Å²) in [6.07, 6.45) is 1.74. The Hall–Kier alpha value is -0.950. The van der Waals surface area contributed by atoms with Crippen molar-refractivity contribution in [2.24, 2.45) is 0 Å². The van der Waals surface area contributed by atoms with Crippen LogP contribution in [0.2, 0.25) is 5.28 Å². The van der Waals surface area contributed by atoms with Crippen LogP contribution in [0.4, 0.5) is 11.9 Å². The van der Waals surface area contributed by atoms with Crippen LogP contribution in [0.15, 0.2) is 0 Å². The van der Waals surface area contributed by atoms with Crippen molar-refractivity contribution in [3.8, 4) is 0 Å². The van der Waals surface area contributed by atoms with Gasteiger partial charge in [-0.2, -0.15) is 15.0 Å². The molecular weight excluding hydrogens is 274 g/mol. The molecule has 1 aliphatic heterocycles. The van der Waals surface area contributed by atoms with E-state index in [-0.39, 0.29) is 11.3 Å². The van der Waals surface area contributed by atoms with Gasteiger partial charge in [-0.05, 0) is 24.4 Å². The number of hydrogen-bond donors (Lipinski definition) is 1. The van der Waals surface area contributed by atoms with Crippen molar-refractivity contribution in [3.05, 3.63) is 5.28 Å². The predicted molar refractivity (Wildman–Crippen MR) is 73.7 cm³/mol. The molecule has 0 amide bonds. The summed E-state index contributed by atoms with van der Waals surface area (Å²) in [6.45, 7) is 0. The number of nitrogens with one attached hydrogen (secondary N) is 1. The van der Waals surface area contributed by atoms with E-state index >= 15 is 0 Å². The second kappa shape index (κ2) is 5.79. The molecule has 1 aromatic rings. The van der Waals surface area contributed by atoms with E-state index in [2.05, 4.69) is 20.3 Å². The lowest BCUT2D eigenvalue weighted by molar-refractivity contribution is 0.620. The lowest BCUT2D eigenvalue weighted by Crippen LogP contribution is -2.30. The molecule has 0 saturated carbocycles. The summed E-state index contributed by atoms with van der Waals surface area (Å²) in [4.78, 5) is 14.1. The van der Waals surface area contributed by atoms with Gasteiger partial charge in [0, 0.05) is 42.4 Å². The predicted octanol–water partition coefficient (Wildman–Crippen LogP) is 0.914. The average Bonchev–Trinajstić information content (AvgIpc) is 2.31. The fourth-order valence-electron chi connectivity index (χ4n) is 1.72. The van der Waals surface area contributed by atoms with Gasteiger partial charge in [-0.25, -0.2) is 0 Å². The van der Waals surface area contributed by atoms with Gasteiger partial charge in [-0.1, -0.05) is 0 Å². The van der Waals surface area contributed by atoms with Crippen molar-refractivity contribution in [3.63, 3.8) is 0 Å². The molecule has 0 aromatic carbocycles. The summed E-state index contributed by atoms with van der Waals surface area (Å²) in [5.41, 5.74) is 0. The Kier molecular flexibility index (Phi) is 4.34. The molecule has 18 heavy (non-hydrogen) atoms. The number of rotatable bonds is 3. The molecule has 100 valence electrons. The quantitative estimate of drug-likeness (QED) is 0.892. The lowest BCUT2D eigenvalue weighted by Gasteiger charge is -2.22. The second-order valence-electron chi connectivity index (χ2n) is 4.39. The van der Waals surface area contributed by atoms with Gasteiger partial charge in [0.05, 0.1) is 0 Å². The first-order chi connectivity index (χ1) is 8.54. The Bertz CT molecular complexity index is 446. The first-order valence-electron chi connectivity index (χ1n) is 5.75. The highest BCUT2D eigenvalue weighted by Gasteiger charge is 2.19. The summed E-state index contributed by atoms with van der Waals surface area (Å²) in [7, 11) is 3.03. The molecule has 1 aliphatic rings. The largest absolute Gasteiger partial charge is 0.351 e. The topological polar surface area (TPSA) is 71.0 Å². The zero-order valence-electron chi connectivity index (χ0n) is 10.4. The monoisotopic (exact) mass is 289 g/mol. The smallest absolute Gasteiger partial charge is 0.230 e. The third-order valence-corrected chi connectivity index (χ3v) is 4.27. The van der Waals surface area contributed by atoms with Crippen molar-refractivity contribution in [2.75, 3.05) is 35.8 Å². The van der Waals surface area contributed by atoms with Gasteiger partial charge in [0.15, 0.2) is 0 Å². The zero-order valence-corrected chi connectivity index (χ0v) is 12.0. The molecule has 2 heterocycles. The first-order valence-corrected chi connectivity index (χ1v) is 7.61. The highest BCUT2D eigenvalue weighted by Crippen LogP contribution is 2.16. The van der Waals surface area contributed by atoms with Crippen molar-refractivity contribution < 1.29 is 4.21 Å². The third kappa shape index (κ3) is 3.52. The van der Waals surface area contributed by atoms with E-state index in [1.807, 2.05) is 14.1 Å². The average molecular weight is 290 g/mol. The van der Waals surface area contributed by atoms with Crippen LogP contribution < -0.4 is 10.2 Å². The molecule has 0 unspecified atom stereocenters. The number of hydrogen-bond acceptors (Lipinski definition) is 6. The third-order valence-electron chi connectivity index (χ3n) is 2.72. The Morgan fingerprint density at radius 3 is 2.56 bits per heavy atom. The minimum Gasteiger partial charge on any atom is -0.351 e. The number of anilines is 2. The molecule has 6 nitrogen and oxygen atoms in total. The van der Waals surface area contributed by atoms with E-state index in [0.717, 1.165) is 24.3 Å². The molecule has 2 rings (SSSR count). The summed E-state index contributed by atoms with van der Waals surface area (Å²) in [6, 6.07) is 0.260. The van der Waals surface area contributed by atoms with Crippen LogP contribution in [0.3, 0.4) is 0 Å². The molecule has 0 atom stereocenters. The molecular formula is C10H16ClN5OS. The van der Waals surface area contributed by atoms with Crippen LogP contribution >= 0.6 is 11.6 Å². The Morgan fingerprint density at radius 2 is 1.94 bits per heavy atom. The van der Waals surface area contributed by atoms with E-state index in [9.17, 15) is 4.21 Å². The normalized spacial score (nSPS) is 23.7. The van der Waals surface area contributed by atoms with Gasteiger partial charge >= 0.3 is 0 Å². The number of aromatic nitrogens is 3. The van der Waals surface area contributed by atoms with Gasteiger partial charge in [-0.3, -0.25) is 4.21 Å². The molecule has 0 radical (unpaired) electrons. The van der Waals surface area contributed by atoms with Gasteiger partial charge in [-0.15, -0.1) is 0 Å². The maximum Gasteiger partial charge on any atom is 0.230 e. The van der Waals surface area contributed by atoms with E-state index in [1.54, 1.807) is 4.90 Å². The molecule has 1 N–H and O–H groups in total. The summed E-state index contributed by atoms with van der Waals surface area (Å²) >= 11 is 5.86. The molecule has 8 heteroatoms. The molecule has 0 bridgehead atoms. The van der Waals surface area contributed by atoms with Crippen molar-refractivity contribution in [1.29, 1.82) is 0 Å². The second-order valence-corrected chi connectivity index (χ2v) is 6.42. The van der Waals surface area contributed by atoms with Crippen LogP contribution in [-0.2, 0) is 10.8 Å². The number of halogens is 1. The molecule has 1 saturated heterocycles. The fourth-order valence-corrected chi connectivity index (χ4v) is 3.18. The van der Waals surface area contributed by atoms with Crippen molar-refractivity contribution in [1.82, 2.24) is 15.0 Å². The standard InChI is InChI=1S/C10H16ClN5OS/c1-16(2)10-14-8(11)13-9(15-10)12-7-3-5-18(17)6-4-7/h7H,3-6H2,1-2H3,(H,12,13,14,15). The summed E-state index contributed by atoms with van der Waals surface area (Å²) in [5.74, 6) is 2.47. The van der Waals surface area contributed by atoms with Crippen LogP contribution in [0, 0.1) is 0 Å². The minimum absolute atomic E-state index is 0.176. The van der Waals surface area contributed by atoms with Crippen LogP contribution in [0.1, 0.15) is 12.8 Å². The van der Waals surface area contributed by atoms with Crippen molar-refractivity contribution >= 4 is 34.3 Å². The van der Waals surface area contributed by atoms with Crippen LogP contribution in [-0.4, -0.2) is 50.8 Å². The Labute approximate surface area is 114 Å². The molecule has 0 spiro atoms. The van der Waals surface area contributed by atoms with Crippen LogP contribution in [0.25, 0.3) is 0 Å². The van der Waals surface area contributed by atoms with Gasteiger partial charge in [0.2, 0.25) is 17.2 Å². The van der Waals surface area contributed by atoms with E-state index < -0.39 is 10.8 Å². The van der Waals surface area contributed by atoms with E-state index in [4.69, 9.17) is 11.6 Å². The van der Waals surface area contributed by atoms with Crippen molar-refractivity contribution in [2.45, 2.75) is 18.9 Å². The maximum absolute atomic E-state index is 11.3. The highest BCUT2D eigenvalue weighted by atomic mass is 35.5. The lowest BCUT2D eigenvalue weighted by atomic mass is 10.2.